The van der Waals surface area contributed by atoms with E-state index in [9.17, 15) is 29.3 Å². The Balaban J connectivity index is 1.30. The van der Waals surface area contributed by atoms with Crippen LogP contribution < -0.4 is 9.64 Å². The zero-order valence-electron chi connectivity index (χ0n) is 19.5. The van der Waals surface area contributed by atoms with Crippen molar-refractivity contribution in [3.05, 3.63) is 98.0 Å². The highest BCUT2D eigenvalue weighted by atomic mass is 35.5. The van der Waals surface area contributed by atoms with Crippen molar-refractivity contribution >= 4 is 58.2 Å². The molecule has 3 aromatic carbocycles. The maximum absolute atomic E-state index is 12.5. The van der Waals surface area contributed by atoms with E-state index in [1.807, 2.05) is 0 Å². The monoisotopic (exact) mass is 556 g/mol. The van der Waals surface area contributed by atoms with Gasteiger partial charge in [-0.3, -0.25) is 24.5 Å². The lowest BCUT2D eigenvalue weighted by Crippen LogP contribution is -2.27. The van der Waals surface area contributed by atoms with Crippen LogP contribution in [0.3, 0.4) is 0 Å². The van der Waals surface area contributed by atoms with Crippen LogP contribution in [-0.4, -0.2) is 41.7 Å². The minimum atomic E-state index is -0.772. The Labute approximate surface area is 225 Å². The quantitative estimate of drug-likeness (QED) is 0.126. The van der Waals surface area contributed by atoms with E-state index in [1.165, 1.54) is 53.4 Å². The van der Waals surface area contributed by atoms with Crippen LogP contribution in [0.1, 0.15) is 27.1 Å². The number of carbonyl (C=O) groups is 4. The second-order valence-corrected chi connectivity index (χ2v) is 9.01. The van der Waals surface area contributed by atoms with E-state index >= 15 is 0 Å². The van der Waals surface area contributed by atoms with Crippen molar-refractivity contribution < 1.29 is 33.6 Å². The number of carbonyl (C=O) groups excluding carboxylic acids is 4. The third-order valence-corrected chi connectivity index (χ3v) is 6.54. The fourth-order valence-corrected chi connectivity index (χ4v) is 4.13. The first-order valence-corrected chi connectivity index (χ1v) is 11.9. The van der Waals surface area contributed by atoms with Crippen LogP contribution in [0.2, 0.25) is 10.0 Å². The van der Waals surface area contributed by atoms with Crippen LogP contribution in [0.4, 0.5) is 11.4 Å². The number of nitrogens with zero attached hydrogens (tertiary/aromatic N) is 2. The molecule has 1 saturated heterocycles. The van der Waals surface area contributed by atoms with E-state index < -0.39 is 35.2 Å². The average Bonchev–Trinajstić information content (AvgIpc) is 3.30. The molecule has 0 radical (unpaired) electrons. The van der Waals surface area contributed by atoms with Crippen LogP contribution in [-0.2, 0) is 14.3 Å². The first-order valence-electron chi connectivity index (χ1n) is 11.1. The van der Waals surface area contributed by atoms with E-state index in [-0.39, 0.29) is 51.5 Å². The highest BCUT2D eigenvalue weighted by molar-refractivity contribution is 6.44. The molecule has 0 saturated carbocycles. The van der Waals surface area contributed by atoms with Crippen LogP contribution >= 0.6 is 23.2 Å². The molecule has 0 N–H and O–H groups in total. The van der Waals surface area contributed by atoms with E-state index in [0.717, 1.165) is 0 Å². The van der Waals surface area contributed by atoms with E-state index in [1.54, 1.807) is 18.2 Å². The van der Waals surface area contributed by atoms with Gasteiger partial charge in [-0.1, -0.05) is 29.3 Å². The Bertz CT molecular complexity index is 1420. The number of nitro groups is 1. The van der Waals surface area contributed by atoms with Crippen LogP contribution in [0.25, 0.3) is 0 Å². The van der Waals surface area contributed by atoms with Gasteiger partial charge in [0.15, 0.2) is 12.4 Å². The summed E-state index contributed by atoms with van der Waals surface area (Å²) in [7, 11) is 0. The lowest BCUT2D eigenvalue weighted by Gasteiger charge is -2.18. The molecule has 1 aliphatic rings. The summed E-state index contributed by atoms with van der Waals surface area (Å²) in [6.45, 7) is -0.496. The Kier molecular flexibility index (Phi) is 8.04. The minimum absolute atomic E-state index is 0.0424. The standard InChI is InChI=1S/C26H18Cl2N2O8/c27-20-2-1-3-21(24(20)28)29-13-17(12-23(29)32)25(33)37-14-22(31)15-6-10-19(11-7-15)38-26(34)16-4-8-18(9-5-16)30(35)36/h1-11,17H,12-14H2/t17-/m0/s1. The van der Waals surface area contributed by atoms with Gasteiger partial charge < -0.3 is 14.4 Å². The number of nitro benzene ring substituents is 1. The molecule has 0 aromatic heterocycles. The number of anilines is 1. The summed E-state index contributed by atoms with van der Waals surface area (Å²) >= 11 is 12.2. The zero-order valence-corrected chi connectivity index (χ0v) is 21.0. The molecule has 3 aromatic rings. The third kappa shape index (κ3) is 5.99. The Morgan fingerprint density at radius 3 is 2.29 bits per heavy atom. The molecular formula is C26H18Cl2N2O8. The number of amides is 1. The zero-order chi connectivity index (χ0) is 27.4. The Hall–Kier alpha value is -4.28. The van der Waals surface area contributed by atoms with Crippen molar-refractivity contribution in [2.24, 2.45) is 5.92 Å². The number of ether oxygens (including phenoxy) is 2. The molecule has 1 heterocycles. The van der Waals surface area contributed by atoms with E-state index in [4.69, 9.17) is 32.7 Å². The van der Waals surface area contributed by atoms with Gasteiger partial charge in [-0.05, 0) is 48.5 Å². The van der Waals surface area contributed by atoms with Gasteiger partial charge in [-0.25, -0.2) is 4.79 Å². The first kappa shape index (κ1) is 26.8. The van der Waals surface area contributed by atoms with Gasteiger partial charge in [-0.2, -0.15) is 0 Å². The van der Waals surface area contributed by atoms with Gasteiger partial charge in [-0.15, -0.1) is 0 Å². The molecule has 1 amide bonds. The van der Waals surface area contributed by atoms with Gasteiger partial charge >= 0.3 is 11.9 Å². The molecular weight excluding hydrogens is 539 g/mol. The second-order valence-electron chi connectivity index (χ2n) is 8.23. The Morgan fingerprint density at radius 2 is 1.63 bits per heavy atom. The molecule has 0 spiro atoms. The number of Topliss-reactive ketones (excluding diaryl/α,β-unsaturated/α-hetero) is 1. The molecule has 0 bridgehead atoms. The molecule has 194 valence electrons. The SMILES string of the molecule is O=C(COC(=O)[C@H]1CC(=O)N(c2cccc(Cl)c2Cl)C1)c1ccc(OC(=O)c2ccc([N+](=O)[O-])cc2)cc1. The molecule has 0 unspecified atom stereocenters. The largest absolute Gasteiger partial charge is 0.457 e. The number of hydrogen-bond donors (Lipinski definition) is 0. The van der Waals surface area contributed by atoms with Crippen LogP contribution in [0.5, 0.6) is 5.75 Å². The highest BCUT2D eigenvalue weighted by Crippen LogP contribution is 2.36. The number of hydrogen-bond acceptors (Lipinski definition) is 8. The summed E-state index contributed by atoms with van der Waals surface area (Å²) in [5, 5.41) is 11.2. The molecule has 4 rings (SSSR count). The second kappa shape index (κ2) is 11.4. The fourth-order valence-electron chi connectivity index (χ4n) is 3.73. The van der Waals surface area contributed by atoms with Gasteiger partial charge in [0.1, 0.15) is 5.75 Å². The minimum Gasteiger partial charge on any atom is -0.457 e. The lowest BCUT2D eigenvalue weighted by atomic mass is 10.1. The predicted molar refractivity (Wildman–Crippen MR) is 137 cm³/mol. The summed E-state index contributed by atoms with van der Waals surface area (Å²) in [5.41, 5.74) is 0.560. The summed E-state index contributed by atoms with van der Waals surface area (Å²) in [6.07, 6.45) is -0.0926. The summed E-state index contributed by atoms with van der Waals surface area (Å²) in [5.74, 6) is -2.86. The molecule has 10 nitrogen and oxygen atoms in total. The molecule has 0 aliphatic carbocycles. The van der Waals surface area contributed by atoms with Crippen molar-refractivity contribution in [2.45, 2.75) is 6.42 Å². The van der Waals surface area contributed by atoms with Crippen molar-refractivity contribution in [1.29, 1.82) is 0 Å². The molecule has 1 atom stereocenters. The predicted octanol–water partition coefficient (Wildman–Crippen LogP) is 4.90. The molecule has 12 heteroatoms. The number of esters is 2. The Morgan fingerprint density at radius 1 is 0.974 bits per heavy atom. The van der Waals surface area contributed by atoms with E-state index in [0.29, 0.717) is 5.69 Å². The maximum atomic E-state index is 12.5. The fraction of sp³-hybridized carbons (Fsp3) is 0.154. The number of halogens is 2. The van der Waals surface area contributed by atoms with E-state index in [2.05, 4.69) is 0 Å². The van der Waals surface area contributed by atoms with Crippen molar-refractivity contribution in [1.82, 2.24) is 0 Å². The van der Waals surface area contributed by atoms with Crippen LogP contribution in [0.15, 0.2) is 66.7 Å². The van der Waals surface area contributed by atoms with Crippen molar-refractivity contribution in [3.8, 4) is 5.75 Å². The van der Waals surface area contributed by atoms with Crippen molar-refractivity contribution in [2.75, 3.05) is 18.1 Å². The summed E-state index contributed by atoms with van der Waals surface area (Å²) < 4.78 is 10.4. The number of non-ortho nitro benzene ring substituents is 1. The lowest BCUT2D eigenvalue weighted by molar-refractivity contribution is -0.384. The molecule has 1 aliphatic heterocycles. The van der Waals surface area contributed by atoms with Gasteiger partial charge in [0.25, 0.3) is 5.69 Å². The summed E-state index contributed by atoms with van der Waals surface area (Å²) in [4.78, 5) is 61.2. The topological polar surface area (TPSA) is 133 Å². The molecule has 38 heavy (non-hydrogen) atoms. The number of rotatable bonds is 8. The number of ketones is 1. The first-order chi connectivity index (χ1) is 18.1. The van der Waals surface area contributed by atoms with Gasteiger partial charge in [0.05, 0.1) is 32.1 Å². The number of benzene rings is 3. The summed E-state index contributed by atoms with van der Waals surface area (Å²) in [6, 6.07) is 15.3. The third-order valence-electron chi connectivity index (χ3n) is 5.73. The average molecular weight is 557 g/mol. The smallest absolute Gasteiger partial charge is 0.343 e. The highest BCUT2D eigenvalue weighted by Gasteiger charge is 2.37. The molecule has 1 fully saturated rings. The van der Waals surface area contributed by atoms with Gasteiger partial charge in [0, 0.05) is 30.7 Å². The van der Waals surface area contributed by atoms with Gasteiger partial charge in [0.2, 0.25) is 5.91 Å². The van der Waals surface area contributed by atoms with Crippen molar-refractivity contribution in [3.63, 3.8) is 0 Å². The maximum Gasteiger partial charge on any atom is 0.343 e. The van der Waals surface area contributed by atoms with Crippen LogP contribution in [0, 0.1) is 16.0 Å². The normalized spacial score (nSPS) is 14.7.